The Morgan fingerprint density at radius 2 is 1.88 bits per heavy atom. The van der Waals surface area contributed by atoms with Crippen molar-refractivity contribution in [2.24, 2.45) is 5.73 Å². The lowest BCUT2D eigenvalue weighted by molar-refractivity contribution is -0.120. The molecule has 3 N–H and O–H groups in total. The smallest absolute Gasteiger partial charge is 0.234 e. The van der Waals surface area contributed by atoms with Crippen LogP contribution in [0.1, 0.15) is 19.8 Å². The van der Waals surface area contributed by atoms with Crippen LogP contribution in [0, 0.1) is 0 Å². The quantitative estimate of drug-likeness (QED) is 0.555. The molecule has 0 heterocycles. The van der Waals surface area contributed by atoms with Crippen LogP contribution in [0.5, 0.6) is 0 Å². The van der Waals surface area contributed by atoms with Crippen LogP contribution < -0.4 is 11.1 Å². The zero-order valence-electron chi connectivity index (χ0n) is 11.7. The van der Waals surface area contributed by atoms with Gasteiger partial charge in [0, 0.05) is 13.1 Å². The second kappa shape index (κ2) is 9.39. The zero-order valence-corrected chi connectivity index (χ0v) is 11.7. The lowest BCUT2D eigenvalue weighted by atomic mass is 10.2. The minimum atomic E-state index is -0.251. The number of likely N-dealkylation sites (N-methyl/N-ethyl adjacent to an activating group) is 2. The molecule has 0 aliphatic carbocycles. The topological polar surface area (TPSA) is 61.6 Å². The first-order valence-electron chi connectivity index (χ1n) is 6.33. The molecule has 0 saturated carbocycles. The van der Waals surface area contributed by atoms with Crippen LogP contribution in [0.3, 0.4) is 0 Å². The summed E-state index contributed by atoms with van der Waals surface area (Å²) < 4.78 is 0. The van der Waals surface area contributed by atoms with Gasteiger partial charge in [0.2, 0.25) is 5.91 Å². The highest BCUT2D eigenvalue weighted by atomic mass is 16.1. The molecule has 5 heteroatoms. The Morgan fingerprint density at radius 3 is 2.35 bits per heavy atom. The maximum Gasteiger partial charge on any atom is 0.234 e. The number of rotatable bonds is 10. The van der Waals surface area contributed by atoms with Gasteiger partial charge in [0.1, 0.15) is 0 Å². The zero-order chi connectivity index (χ0) is 13.3. The summed E-state index contributed by atoms with van der Waals surface area (Å²) in [5.74, 6) is -0.251. The van der Waals surface area contributed by atoms with Gasteiger partial charge in [0.25, 0.3) is 0 Å². The number of nitrogens with two attached hydrogens (primary N) is 1. The van der Waals surface area contributed by atoms with Gasteiger partial charge in [-0.1, -0.05) is 6.92 Å². The minimum Gasteiger partial charge on any atom is -0.368 e. The predicted octanol–water partition coefficient (Wildman–Crippen LogP) is -0.277. The maximum absolute atomic E-state index is 11.2. The van der Waals surface area contributed by atoms with Crippen LogP contribution in [0.2, 0.25) is 0 Å². The summed E-state index contributed by atoms with van der Waals surface area (Å²) >= 11 is 0. The number of primary amides is 1. The van der Waals surface area contributed by atoms with E-state index in [9.17, 15) is 4.79 Å². The molecule has 0 spiro atoms. The first-order valence-corrected chi connectivity index (χ1v) is 6.33. The van der Waals surface area contributed by atoms with Crippen LogP contribution in [-0.4, -0.2) is 69.1 Å². The standard InChI is InChI=1S/C12H28N4O/c1-5-7-14-11(12(13)17)6-8-16(4)10-9-15(2)3/h11,14H,5-10H2,1-4H3,(H2,13,17). The van der Waals surface area contributed by atoms with E-state index in [1.54, 1.807) is 0 Å². The van der Waals surface area contributed by atoms with Crippen molar-refractivity contribution in [3.8, 4) is 0 Å². The van der Waals surface area contributed by atoms with Crippen LogP contribution in [0.15, 0.2) is 0 Å². The van der Waals surface area contributed by atoms with Crippen molar-refractivity contribution in [3.63, 3.8) is 0 Å². The van der Waals surface area contributed by atoms with E-state index < -0.39 is 0 Å². The highest BCUT2D eigenvalue weighted by molar-refractivity contribution is 5.79. The average molecular weight is 244 g/mol. The van der Waals surface area contributed by atoms with Crippen molar-refractivity contribution in [1.82, 2.24) is 15.1 Å². The molecule has 0 fully saturated rings. The highest BCUT2D eigenvalue weighted by Crippen LogP contribution is 1.95. The van der Waals surface area contributed by atoms with Crippen molar-refractivity contribution in [1.29, 1.82) is 0 Å². The molecule has 1 atom stereocenters. The third-order valence-electron chi connectivity index (χ3n) is 2.71. The number of nitrogens with zero attached hydrogens (tertiary/aromatic N) is 2. The maximum atomic E-state index is 11.2. The van der Waals surface area contributed by atoms with Gasteiger partial charge in [-0.3, -0.25) is 4.79 Å². The number of hydrogen-bond acceptors (Lipinski definition) is 4. The van der Waals surface area contributed by atoms with Gasteiger partial charge in [-0.2, -0.15) is 0 Å². The number of nitrogens with one attached hydrogen (secondary N) is 1. The van der Waals surface area contributed by atoms with Gasteiger partial charge in [-0.15, -0.1) is 0 Å². The van der Waals surface area contributed by atoms with Crippen molar-refractivity contribution < 1.29 is 4.79 Å². The van der Waals surface area contributed by atoms with Gasteiger partial charge in [0.15, 0.2) is 0 Å². The van der Waals surface area contributed by atoms with Gasteiger partial charge >= 0.3 is 0 Å². The average Bonchev–Trinajstić information content (AvgIpc) is 2.25. The molecule has 0 aliphatic rings. The Labute approximate surface area is 105 Å². The minimum absolute atomic E-state index is 0.197. The molecule has 0 aromatic heterocycles. The molecule has 0 aromatic rings. The lowest BCUT2D eigenvalue weighted by Crippen LogP contribution is -2.44. The predicted molar refractivity (Wildman–Crippen MR) is 71.9 cm³/mol. The fourth-order valence-electron chi connectivity index (χ4n) is 1.50. The summed E-state index contributed by atoms with van der Waals surface area (Å²) in [7, 11) is 6.19. The van der Waals surface area contributed by atoms with Crippen molar-refractivity contribution in [2.45, 2.75) is 25.8 Å². The van der Waals surface area contributed by atoms with Gasteiger partial charge in [-0.05, 0) is 47.1 Å². The molecule has 0 aromatic carbocycles. The van der Waals surface area contributed by atoms with E-state index in [0.717, 1.165) is 39.0 Å². The van der Waals surface area contributed by atoms with Crippen LogP contribution >= 0.6 is 0 Å². The third-order valence-corrected chi connectivity index (χ3v) is 2.71. The Morgan fingerprint density at radius 1 is 1.24 bits per heavy atom. The molecule has 1 unspecified atom stereocenters. The SMILES string of the molecule is CCCNC(CCN(C)CCN(C)C)C(N)=O. The normalized spacial score (nSPS) is 13.3. The first kappa shape index (κ1) is 16.4. The molecule has 0 bridgehead atoms. The largest absolute Gasteiger partial charge is 0.368 e. The molecule has 1 amide bonds. The Hall–Kier alpha value is -0.650. The molecule has 102 valence electrons. The fraction of sp³-hybridized carbons (Fsp3) is 0.917. The lowest BCUT2D eigenvalue weighted by Gasteiger charge is -2.22. The summed E-state index contributed by atoms with van der Waals surface area (Å²) in [5, 5.41) is 3.18. The molecular formula is C12H28N4O. The molecule has 0 aliphatic heterocycles. The molecule has 5 nitrogen and oxygen atoms in total. The summed E-state index contributed by atoms with van der Waals surface area (Å²) in [6, 6.07) is -0.197. The molecule has 17 heavy (non-hydrogen) atoms. The summed E-state index contributed by atoms with van der Waals surface area (Å²) in [6.07, 6.45) is 1.79. The fourth-order valence-corrected chi connectivity index (χ4v) is 1.50. The van der Waals surface area contributed by atoms with E-state index in [1.807, 2.05) is 0 Å². The Balaban J connectivity index is 3.82. The van der Waals surface area contributed by atoms with E-state index in [-0.39, 0.29) is 11.9 Å². The van der Waals surface area contributed by atoms with E-state index in [1.165, 1.54) is 0 Å². The van der Waals surface area contributed by atoms with Crippen LogP contribution in [0.25, 0.3) is 0 Å². The van der Waals surface area contributed by atoms with Crippen molar-refractivity contribution >= 4 is 5.91 Å². The monoisotopic (exact) mass is 244 g/mol. The van der Waals surface area contributed by atoms with Crippen molar-refractivity contribution in [2.75, 3.05) is 47.3 Å². The Kier molecular flexibility index (Phi) is 9.03. The second-order valence-electron chi connectivity index (χ2n) is 4.80. The molecule has 0 radical (unpaired) electrons. The van der Waals surface area contributed by atoms with Gasteiger partial charge < -0.3 is 20.9 Å². The number of hydrogen-bond donors (Lipinski definition) is 2. The highest BCUT2D eigenvalue weighted by Gasteiger charge is 2.14. The van der Waals surface area contributed by atoms with E-state index in [0.29, 0.717) is 0 Å². The van der Waals surface area contributed by atoms with E-state index in [4.69, 9.17) is 5.73 Å². The number of carbonyl (C=O) groups excluding carboxylic acids is 1. The molecular weight excluding hydrogens is 216 g/mol. The summed E-state index contributed by atoms with van der Waals surface area (Å²) in [6.45, 7) is 5.84. The molecule has 0 saturated heterocycles. The Bertz CT molecular complexity index is 209. The molecule has 0 rings (SSSR count). The summed E-state index contributed by atoms with van der Waals surface area (Å²) in [4.78, 5) is 15.6. The summed E-state index contributed by atoms with van der Waals surface area (Å²) in [5.41, 5.74) is 5.36. The second-order valence-corrected chi connectivity index (χ2v) is 4.80. The van der Waals surface area contributed by atoms with E-state index in [2.05, 4.69) is 43.2 Å². The number of carbonyl (C=O) groups is 1. The first-order chi connectivity index (χ1) is 7.97. The van der Waals surface area contributed by atoms with E-state index >= 15 is 0 Å². The van der Waals surface area contributed by atoms with Crippen LogP contribution in [-0.2, 0) is 4.79 Å². The van der Waals surface area contributed by atoms with Gasteiger partial charge in [0.05, 0.1) is 6.04 Å². The van der Waals surface area contributed by atoms with Crippen molar-refractivity contribution in [3.05, 3.63) is 0 Å². The van der Waals surface area contributed by atoms with Crippen LogP contribution in [0.4, 0.5) is 0 Å². The van der Waals surface area contributed by atoms with Gasteiger partial charge in [-0.25, -0.2) is 0 Å². The number of amides is 1. The third kappa shape index (κ3) is 9.09.